The standard InChI is InChI=1S/C16H22O2/c1-6-7-12(2)14(17)10-11-16(4,5)15-9-8-13(3)18-15/h6,8-9H,10-11H2,1-5H3. The summed E-state index contributed by atoms with van der Waals surface area (Å²) in [6, 6.07) is 3.96. The average molecular weight is 246 g/mol. The second-order valence-electron chi connectivity index (χ2n) is 5.28. The number of ketones is 1. The molecule has 1 aromatic heterocycles. The Morgan fingerprint density at radius 3 is 2.61 bits per heavy atom. The van der Waals surface area contributed by atoms with Crippen LogP contribution >= 0.6 is 0 Å². The normalized spacial score (nSPS) is 10.9. The van der Waals surface area contributed by atoms with Gasteiger partial charge in [-0.15, -0.1) is 5.73 Å². The quantitative estimate of drug-likeness (QED) is 0.571. The molecule has 98 valence electrons. The summed E-state index contributed by atoms with van der Waals surface area (Å²) in [6.45, 7) is 9.82. The van der Waals surface area contributed by atoms with Gasteiger partial charge in [-0.05, 0) is 45.4 Å². The highest BCUT2D eigenvalue weighted by molar-refractivity contribution is 5.94. The van der Waals surface area contributed by atoms with Crippen LogP contribution in [0.4, 0.5) is 0 Å². The Bertz CT molecular complexity index is 483. The van der Waals surface area contributed by atoms with Gasteiger partial charge in [0.25, 0.3) is 0 Å². The van der Waals surface area contributed by atoms with E-state index in [2.05, 4.69) is 19.6 Å². The summed E-state index contributed by atoms with van der Waals surface area (Å²) in [5.74, 6) is 2.01. The number of hydrogen-bond acceptors (Lipinski definition) is 2. The number of carbonyl (C=O) groups is 1. The molecule has 0 aliphatic rings. The van der Waals surface area contributed by atoms with E-state index in [0.29, 0.717) is 12.0 Å². The molecule has 18 heavy (non-hydrogen) atoms. The molecule has 0 spiro atoms. The van der Waals surface area contributed by atoms with Gasteiger partial charge in [0.15, 0.2) is 5.78 Å². The topological polar surface area (TPSA) is 30.2 Å². The molecule has 0 aliphatic carbocycles. The Balaban J connectivity index is 2.68. The van der Waals surface area contributed by atoms with Crippen LogP contribution in [-0.2, 0) is 10.2 Å². The molecular formula is C16H22O2. The Hall–Kier alpha value is -1.53. The van der Waals surface area contributed by atoms with Gasteiger partial charge in [-0.1, -0.05) is 13.8 Å². The van der Waals surface area contributed by atoms with Gasteiger partial charge in [0.1, 0.15) is 11.5 Å². The minimum absolute atomic E-state index is 0.111. The Labute approximate surface area is 109 Å². The summed E-state index contributed by atoms with van der Waals surface area (Å²) in [6.07, 6.45) is 3.08. The molecule has 0 fully saturated rings. The van der Waals surface area contributed by atoms with Crippen LogP contribution in [0.15, 0.2) is 33.9 Å². The van der Waals surface area contributed by atoms with Crippen LogP contribution < -0.4 is 0 Å². The van der Waals surface area contributed by atoms with Crippen molar-refractivity contribution < 1.29 is 9.21 Å². The molecule has 1 aromatic rings. The Morgan fingerprint density at radius 2 is 2.11 bits per heavy atom. The van der Waals surface area contributed by atoms with Crippen molar-refractivity contribution in [3.8, 4) is 0 Å². The molecule has 1 rings (SSSR count). The third-order valence-electron chi connectivity index (χ3n) is 3.16. The lowest BCUT2D eigenvalue weighted by molar-refractivity contribution is -0.115. The molecule has 0 aliphatic heterocycles. The van der Waals surface area contributed by atoms with Gasteiger partial charge in [0, 0.05) is 17.4 Å². The maximum absolute atomic E-state index is 11.9. The van der Waals surface area contributed by atoms with Crippen molar-refractivity contribution in [1.82, 2.24) is 0 Å². The third-order valence-corrected chi connectivity index (χ3v) is 3.16. The van der Waals surface area contributed by atoms with Crippen LogP contribution in [-0.4, -0.2) is 5.78 Å². The van der Waals surface area contributed by atoms with Crippen molar-refractivity contribution in [2.75, 3.05) is 0 Å². The lowest BCUT2D eigenvalue weighted by Crippen LogP contribution is -2.18. The summed E-state index contributed by atoms with van der Waals surface area (Å²) in [7, 11) is 0. The number of hydrogen-bond donors (Lipinski definition) is 0. The predicted octanol–water partition coefficient (Wildman–Crippen LogP) is 4.34. The highest BCUT2D eigenvalue weighted by atomic mass is 16.3. The largest absolute Gasteiger partial charge is 0.466 e. The first kappa shape index (κ1) is 14.5. The molecule has 0 amide bonds. The Kier molecular flexibility index (Phi) is 4.75. The number of furan rings is 1. The van der Waals surface area contributed by atoms with Crippen molar-refractivity contribution in [2.45, 2.75) is 52.9 Å². The molecule has 1 heterocycles. The van der Waals surface area contributed by atoms with Gasteiger partial charge in [0.2, 0.25) is 0 Å². The highest BCUT2D eigenvalue weighted by Gasteiger charge is 2.25. The average Bonchev–Trinajstić information content (AvgIpc) is 2.74. The number of aryl methyl sites for hydroxylation is 1. The maximum atomic E-state index is 11.9. The molecule has 0 saturated carbocycles. The third kappa shape index (κ3) is 3.75. The zero-order valence-corrected chi connectivity index (χ0v) is 12.0. The highest BCUT2D eigenvalue weighted by Crippen LogP contribution is 2.30. The van der Waals surface area contributed by atoms with Crippen LogP contribution in [0.2, 0.25) is 0 Å². The fraction of sp³-hybridized carbons (Fsp3) is 0.500. The van der Waals surface area contributed by atoms with E-state index in [4.69, 9.17) is 4.42 Å². The van der Waals surface area contributed by atoms with Gasteiger partial charge in [-0.3, -0.25) is 4.79 Å². The van der Waals surface area contributed by atoms with Gasteiger partial charge >= 0.3 is 0 Å². The second-order valence-corrected chi connectivity index (χ2v) is 5.28. The Morgan fingerprint density at radius 1 is 1.44 bits per heavy atom. The fourth-order valence-electron chi connectivity index (χ4n) is 1.83. The van der Waals surface area contributed by atoms with Crippen LogP contribution in [0.5, 0.6) is 0 Å². The summed E-state index contributed by atoms with van der Waals surface area (Å²) in [5.41, 5.74) is 3.53. The molecular weight excluding hydrogens is 224 g/mol. The van der Waals surface area contributed by atoms with E-state index in [-0.39, 0.29) is 11.2 Å². The molecule has 2 nitrogen and oxygen atoms in total. The van der Waals surface area contributed by atoms with E-state index in [1.54, 1.807) is 6.08 Å². The number of rotatable bonds is 5. The van der Waals surface area contributed by atoms with Gasteiger partial charge in [0.05, 0.1) is 0 Å². The van der Waals surface area contributed by atoms with Crippen molar-refractivity contribution in [3.05, 3.63) is 41.0 Å². The zero-order chi connectivity index (χ0) is 13.8. The number of allylic oxidation sites excluding steroid dienone is 1. The van der Waals surface area contributed by atoms with E-state index < -0.39 is 0 Å². The summed E-state index contributed by atoms with van der Waals surface area (Å²) in [4.78, 5) is 11.9. The molecule has 0 unspecified atom stereocenters. The van der Waals surface area contributed by atoms with Crippen molar-refractivity contribution in [1.29, 1.82) is 0 Å². The summed E-state index contributed by atoms with van der Waals surface area (Å²) < 4.78 is 5.65. The van der Waals surface area contributed by atoms with E-state index in [1.165, 1.54) is 0 Å². The van der Waals surface area contributed by atoms with Crippen molar-refractivity contribution in [2.24, 2.45) is 0 Å². The number of Topliss-reactive ketones (excluding diaryl/α,β-unsaturated/α-hetero) is 1. The summed E-state index contributed by atoms with van der Waals surface area (Å²) >= 11 is 0. The SMILES string of the molecule is CC=C=C(C)C(=O)CCC(C)(C)c1ccc(C)o1. The lowest BCUT2D eigenvalue weighted by atomic mass is 9.84. The number of carbonyl (C=O) groups excluding carboxylic acids is 1. The van der Waals surface area contributed by atoms with Crippen LogP contribution in [0.3, 0.4) is 0 Å². The lowest BCUT2D eigenvalue weighted by Gasteiger charge is -2.21. The second kappa shape index (κ2) is 5.88. The first-order valence-electron chi connectivity index (χ1n) is 6.35. The minimum atomic E-state index is -0.111. The monoisotopic (exact) mass is 246 g/mol. The van der Waals surface area contributed by atoms with E-state index >= 15 is 0 Å². The predicted molar refractivity (Wildman–Crippen MR) is 73.7 cm³/mol. The van der Waals surface area contributed by atoms with Crippen LogP contribution in [0.25, 0.3) is 0 Å². The van der Waals surface area contributed by atoms with Crippen molar-refractivity contribution >= 4 is 5.78 Å². The first-order chi connectivity index (χ1) is 8.36. The van der Waals surface area contributed by atoms with E-state index in [1.807, 2.05) is 32.9 Å². The molecule has 2 heteroatoms. The van der Waals surface area contributed by atoms with E-state index in [9.17, 15) is 4.79 Å². The molecule has 0 saturated heterocycles. The van der Waals surface area contributed by atoms with Crippen molar-refractivity contribution in [3.63, 3.8) is 0 Å². The zero-order valence-electron chi connectivity index (χ0n) is 12.0. The molecule has 0 aromatic carbocycles. The molecule has 0 N–H and O–H groups in total. The fourth-order valence-corrected chi connectivity index (χ4v) is 1.83. The van der Waals surface area contributed by atoms with Gasteiger partial charge < -0.3 is 4.42 Å². The van der Waals surface area contributed by atoms with Gasteiger partial charge in [-0.25, -0.2) is 0 Å². The van der Waals surface area contributed by atoms with Gasteiger partial charge in [-0.2, -0.15) is 0 Å². The minimum Gasteiger partial charge on any atom is -0.466 e. The summed E-state index contributed by atoms with van der Waals surface area (Å²) in [5, 5.41) is 0. The maximum Gasteiger partial charge on any atom is 0.166 e. The molecule has 0 bridgehead atoms. The molecule has 0 atom stereocenters. The van der Waals surface area contributed by atoms with E-state index in [0.717, 1.165) is 17.9 Å². The van der Waals surface area contributed by atoms with Crippen LogP contribution in [0, 0.1) is 6.92 Å². The smallest absolute Gasteiger partial charge is 0.166 e. The first-order valence-corrected chi connectivity index (χ1v) is 6.35. The van der Waals surface area contributed by atoms with Crippen LogP contribution in [0.1, 0.15) is 52.1 Å². The molecule has 0 radical (unpaired) electrons.